The van der Waals surface area contributed by atoms with E-state index < -0.39 is 0 Å². The number of carbonyl (C=O) groups is 1. The molecule has 1 N–H and O–H groups in total. The van der Waals surface area contributed by atoms with Gasteiger partial charge in [0.05, 0.1) is 36.4 Å². The minimum absolute atomic E-state index is 0.139. The van der Waals surface area contributed by atoms with Crippen LogP contribution in [-0.2, 0) is 4.79 Å². The number of aromatic amines is 1. The van der Waals surface area contributed by atoms with Gasteiger partial charge in [-0.1, -0.05) is 13.8 Å². The highest BCUT2D eigenvalue weighted by Gasteiger charge is 2.33. The van der Waals surface area contributed by atoms with Crippen LogP contribution in [0.25, 0.3) is 27.9 Å². The van der Waals surface area contributed by atoms with E-state index in [1.165, 1.54) is 6.33 Å². The third-order valence-corrected chi connectivity index (χ3v) is 6.67. The number of ether oxygens (including phenoxy) is 1. The van der Waals surface area contributed by atoms with Gasteiger partial charge in [0.25, 0.3) is 0 Å². The van der Waals surface area contributed by atoms with Crippen molar-refractivity contribution < 1.29 is 9.53 Å². The minimum atomic E-state index is 0.139. The Morgan fingerprint density at radius 1 is 1.26 bits per heavy atom. The van der Waals surface area contributed by atoms with E-state index in [4.69, 9.17) is 9.72 Å². The Morgan fingerprint density at radius 3 is 2.71 bits per heavy atom. The molecule has 1 saturated heterocycles. The van der Waals surface area contributed by atoms with Crippen LogP contribution in [0.1, 0.15) is 25.3 Å². The second kappa shape index (κ2) is 8.84. The van der Waals surface area contributed by atoms with Gasteiger partial charge in [0, 0.05) is 37.5 Å². The number of methoxy groups -OCH3 is 1. The monoisotopic (exact) mass is 476 g/mol. The Kier molecular flexibility index (Phi) is 5.84. The van der Waals surface area contributed by atoms with Crippen LogP contribution in [0.4, 0.5) is 5.82 Å². The molecular formula is C25H32N8O2. The van der Waals surface area contributed by atoms with Crippen LogP contribution in [0.3, 0.4) is 0 Å². The number of H-pyrrole nitrogens is 1. The normalized spacial score (nSPS) is 14.3. The van der Waals surface area contributed by atoms with Gasteiger partial charge in [0.15, 0.2) is 11.4 Å². The molecule has 0 saturated carbocycles. The van der Waals surface area contributed by atoms with Crippen molar-refractivity contribution in [2.75, 3.05) is 52.8 Å². The lowest BCUT2D eigenvalue weighted by molar-refractivity contribution is -0.133. The Bertz CT molecular complexity index is 1380. The molecule has 10 nitrogen and oxygen atoms in total. The first-order chi connectivity index (χ1) is 16.8. The number of likely N-dealkylation sites (N-methyl/N-ethyl adjacent to an activating group) is 2. The van der Waals surface area contributed by atoms with Crippen molar-refractivity contribution in [3.05, 3.63) is 36.3 Å². The first-order valence-electron chi connectivity index (χ1n) is 11.8. The van der Waals surface area contributed by atoms with E-state index in [2.05, 4.69) is 39.9 Å². The molecule has 10 heteroatoms. The molecule has 1 aliphatic rings. The molecule has 0 radical (unpaired) electrons. The van der Waals surface area contributed by atoms with Gasteiger partial charge in [0.2, 0.25) is 5.91 Å². The molecule has 5 heterocycles. The molecule has 1 aliphatic heterocycles. The number of nitrogens with one attached hydrogen (secondary N) is 1. The number of nitrogens with zero attached hydrogens (tertiary/aromatic N) is 7. The largest absolute Gasteiger partial charge is 0.493 e. The van der Waals surface area contributed by atoms with Crippen LogP contribution in [0.2, 0.25) is 0 Å². The van der Waals surface area contributed by atoms with E-state index in [1.54, 1.807) is 11.6 Å². The molecule has 184 valence electrons. The molecule has 1 fully saturated rings. The first kappa shape index (κ1) is 23.1. The van der Waals surface area contributed by atoms with Crippen LogP contribution in [0.5, 0.6) is 5.75 Å². The zero-order valence-corrected chi connectivity index (χ0v) is 21.1. The molecule has 0 aromatic carbocycles. The highest BCUT2D eigenvalue weighted by atomic mass is 16.5. The van der Waals surface area contributed by atoms with E-state index in [0.717, 1.165) is 46.8 Å². The Balaban J connectivity index is 1.46. The number of hydrogen-bond donors (Lipinski definition) is 1. The zero-order valence-electron chi connectivity index (χ0n) is 21.1. The van der Waals surface area contributed by atoms with Crippen molar-refractivity contribution in [2.45, 2.75) is 25.8 Å². The van der Waals surface area contributed by atoms with Crippen LogP contribution >= 0.6 is 0 Å². The van der Waals surface area contributed by atoms with Crippen molar-refractivity contribution in [3.63, 3.8) is 0 Å². The number of hydrogen-bond acceptors (Lipinski definition) is 7. The molecule has 5 rings (SSSR count). The highest BCUT2D eigenvalue weighted by molar-refractivity contribution is 5.90. The maximum absolute atomic E-state index is 12.4. The lowest BCUT2D eigenvalue weighted by atomic mass is 9.98. The summed E-state index contributed by atoms with van der Waals surface area (Å²) in [6, 6.07) is 6.33. The Morgan fingerprint density at radius 2 is 2.03 bits per heavy atom. The number of fused-ring (bicyclic) bond motifs is 2. The molecule has 35 heavy (non-hydrogen) atoms. The molecule has 0 bridgehead atoms. The predicted octanol–water partition coefficient (Wildman–Crippen LogP) is 2.61. The zero-order chi connectivity index (χ0) is 24.9. The molecule has 0 spiro atoms. The van der Waals surface area contributed by atoms with Gasteiger partial charge in [-0.3, -0.25) is 4.79 Å². The van der Waals surface area contributed by atoms with Gasteiger partial charge in [-0.2, -0.15) is 5.10 Å². The smallest absolute Gasteiger partial charge is 0.236 e. The third kappa shape index (κ3) is 4.07. The summed E-state index contributed by atoms with van der Waals surface area (Å²) in [6.45, 7) is 6.34. The van der Waals surface area contributed by atoms with E-state index >= 15 is 0 Å². The van der Waals surface area contributed by atoms with Gasteiger partial charge >= 0.3 is 0 Å². The third-order valence-electron chi connectivity index (χ3n) is 6.67. The number of carbonyl (C=O) groups excluding carboxylic acids is 1. The molecule has 4 aromatic rings. The minimum Gasteiger partial charge on any atom is -0.493 e. The second-order valence-corrected chi connectivity index (χ2v) is 9.76. The molecule has 1 amide bonds. The second-order valence-electron chi connectivity index (χ2n) is 9.76. The van der Waals surface area contributed by atoms with Gasteiger partial charge in [-0.25, -0.2) is 14.5 Å². The number of amides is 1. The van der Waals surface area contributed by atoms with E-state index in [-0.39, 0.29) is 17.9 Å². The first-order valence-corrected chi connectivity index (χ1v) is 11.8. The van der Waals surface area contributed by atoms with E-state index in [1.807, 2.05) is 49.3 Å². The van der Waals surface area contributed by atoms with Gasteiger partial charge in [0.1, 0.15) is 12.1 Å². The topological polar surface area (TPSA) is 94.9 Å². The molecule has 0 atom stereocenters. The fraction of sp³-hybridized carbons (Fsp3) is 0.440. The molecule has 4 aromatic heterocycles. The van der Waals surface area contributed by atoms with Crippen LogP contribution in [-0.4, -0.2) is 94.2 Å². The van der Waals surface area contributed by atoms with Crippen LogP contribution in [0.15, 0.2) is 30.7 Å². The average molecular weight is 477 g/mol. The SMILES string of the molecule is COc1cc(-c2[nH]c3ccc(N4CC(N(C)C(=O)CN(C)C)C4)nc3c2C(C)C)cn2ncnc12. The predicted molar refractivity (Wildman–Crippen MR) is 136 cm³/mol. The quantitative estimate of drug-likeness (QED) is 0.438. The van der Waals surface area contributed by atoms with Crippen molar-refractivity contribution in [1.29, 1.82) is 0 Å². The number of rotatable bonds is 7. The Hall–Kier alpha value is -3.66. The Labute approximate surface area is 204 Å². The lowest BCUT2D eigenvalue weighted by Gasteiger charge is -2.44. The summed E-state index contributed by atoms with van der Waals surface area (Å²) in [5.74, 6) is 1.98. The van der Waals surface area contributed by atoms with Crippen molar-refractivity contribution in [1.82, 2.24) is 34.4 Å². The fourth-order valence-corrected chi connectivity index (χ4v) is 4.70. The molecule has 0 aliphatic carbocycles. The lowest BCUT2D eigenvalue weighted by Crippen LogP contribution is -2.61. The summed E-state index contributed by atoms with van der Waals surface area (Å²) in [4.78, 5) is 31.3. The van der Waals surface area contributed by atoms with Gasteiger partial charge in [-0.05, 0) is 38.2 Å². The number of anilines is 1. The van der Waals surface area contributed by atoms with E-state index in [0.29, 0.717) is 17.9 Å². The molecule has 0 unspecified atom stereocenters. The number of aromatic nitrogens is 5. The van der Waals surface area contributed by atoms with Gasteiger partial charge in [-0.15, -0.1) is 0 Å². The maximum Gasteiger partial charge on any atom is 0.236 e. The van der Waals surface area contributed by atoms with Crippen LogP contribution in [0, 0.1) is 0 Å². The summed E-state index contributed by atoms with van der Waals surface area (Å²) >= 11 is 0. The highest BCUT2D eigenvalue weighted by Crippen LogP contribution is 2.37. The summed E-state index contributed by atoms with van der Waals surface area (Å²) in [5.41, 5.74) is 5.75. The average Bonchev–Trinajstić information content (AvgIpc) is 3.41. The van der Waals surface area contributed by atoms with Crippen molar-refractivity contribution in [3.8, 4) is 17.0 Å². The summed E-state index contributed by atoms with van der Waals surface area (Å²) in [7, 11) is 7.35. The van der Waals surface area contributed by atoms with E-state index in [9.17, 15) is 4.79 Å². The maximum atomic E-state index is 12.4. The van der Waals surface area contributed by atoms with Crippen molar-refractivity contribution in [2.24, 2.45) is 0 Å². The van der Waals surface area contributed by atoms with Crippen molar-refractivity contribution >= 4 is 28.4 Å². The fourth-order valence-electron chi connectivity index (χ4n) is 4.70. The summed E-state index contributed by atoms with van der Waals surface area (Å²) in [5, 5.41) is 4.31. The number of pyridine rings is 2. The van der Waals surface area contributed by atoms with Gasteiger partial charge < -0.3 is 24.4 Å². The summed E-state index contributed by atoms with van der Waals surface area (Å²) in [6.07, 6.45) is 3.48. The summed E-state index contributed by atoms with van der Waals surface area (Å²) < 4.78 is 7.31. The van der Waals surface area contributed by atoms with Crippen LogP contribution < -0.4 is 9.64 Å². The standard InChI is InChI=1S/C25H32N8O2/c1-15(2)22-23(16-9-19(35-6)25-26-14-27-33(25)10-16)28-18-7-8-20(29-24(18)22)32-11-17(12-32)31(5)21(34)13-30(3)4/h7-10,14-15,17,28H,11-13H2,1-6H3. The molecular weight excluding hydrogens is 444 g/mol.